The Kier molecular flexibility index (Phi) is 8.77. The molecule has 4 heterocycles. The minimum Gasteiger partial charge on any atom is -0.460 e. The smallest absolute Gasteiger partial charge is 0.459 e. The zero-order valence-corrected chi connectivity index (χ0v) is 29.1. The van der Waals surface area contributed by atoms with E-state index in [1.54, 1.807) is 30.0 Å². The number of carbonyl (C=O) groups is 1. The van der Waals surface area contributed by atoms with Gasteiger partial charge in [0.05, 0.1) is 12.9 Å². The van der Waals surface area contributed by atoms with Crippen LogP contribution in [0.5, 0.6) is 5.75 Å². The summed E-state index contributed by atoms with van der Waals surface area (Å²) in [6.45, 7) is 3.30. The second-order valence-electron chi connectivity index (χ2n) is 13.4. The van der Waals surface area contributed by atoms with Gasteiger partial charge in [-0.15, -0.1) is 0 Å². The van der Waals surface area contributed by atoms with Gasteiger partial charge in [0, 0.05) is 18.2 Å². The lowest BCUT2D eigenvalue weighted by Gasteiger charge is -2.31. The van der Waals surface area contributed by atoms with Crippen LogP contribution in [0.2, 0.25) is 0 Å². The van der Waals surface area contributed by atoms with E-state index in [1.807, 2.05) is 67.6 Å². The lowest BCUT2D eigenvalue weighted by molar-refractivity contribution is -0.231. The zero-order chi connectivity index (χ0) is 35.2. The number of rotatable bonds is 11. The Morgan fingerprint density at radius 2 is 1.82 bits per heavy atom. The molecule has 1 saturated carbocycles. The number of hydrogen-bond donors (Lipinski definition) is 2. The molecule has 0 amide bonds. The van der Waals surface area contributed by atoms with Crippen LogP contribution in [0.25, 0.3) is 21.9 Å². The predicted octanol–water partition coefficient (Wildman–Crippen LogP) is 5.83. The Bertz CT molecular complexity index is 2100. The fraction of sp³-hybridized carbons (Fsp3) is 0.389. The average Bonchev–Trinajstić information content (AvgIpc) is 3.90. The first-order valence-electron chi connectivity index (χ1n) is 17.0. The molecule has 14 nitrogen and oxygen atoms in total. The number of aromatic nitrogens is 4. The van der Waals surface area contributed by atoms with E-state index < -0.39 is 49.6 Å². The second-order valence-corrected chi connectivity index (χ2v) is 15.1. The molecule has 1 spiro atoms. The van der Waals surface area contributed by atoms with Gasteiger partial charge in [-0.05, 0) is 43.7 Å². The SMILES string of the molecule is C[C@H](NP(=O)(OC[C@H]1O[C@@H](n2cnc3c(N)ncnc32)[C@@]2(C)OC3(CCCC3)OC12)Oc1cccc2ccccc12)C(=O)OCc1ccccc1. The lowest BCUT2D eigenvalue weighted by Crippen LogP contribution is -2.42. The molecule has 266 valence electrons. The van der Waals surface area contributed by atoms with E-state index in [2.05, 4.69) is 20.0 Å². The molecule has 3 aliphatic rings. The number of benzene rings is 3. The summed E-state index contributed by atoms with van der Waals surface area (Å²) in [7, 11) is -4.30. The molecule has 2 unspecified atom stereocenters. The molecular weight excluding hydrogens is 675 g/mol. The van der Waals surface area contributed by atoms with Crippen molar-refractivity contribution in [3.8, 4) is 5.75 Å². The maximum atomic E-state index is 14.8. The number of hydrogen-bond acceptors (Lipinski definition) is 12. The Labute approximate surface area is 294 Å². The highest BCUT2D eigenvalue weighted by atomic mass is 31.2. The van der Waals surface area contributed by atoms with Crippen molar-refractivity contribution in [1.82, 2.24) is 24.6 Å². The van der Waals surface area contributed by atoms with E-state index in [1.165, 1.54) is 6.33 Å². The number of carbonyl (C=O) groups excluding carboxylic acids is 1. The van der Waals surface area contributed by atoms with Crippen LogP contribution in [0.15, 0.2) is 85.5 Å². The van der Waals surface area contributed by atoms with Crippen molar-refractivity contribution in [2.24, 2.45) is 0 Å². The second kappa shape index (κ2) is 13.3. The molecule has 0 bridgehead atoms. The molecule has 2 aliphatic heterocycles. The number of nitrogen functional groups attached to an aromatic ring is 1. The van der Waals surface area contributed by atoms with Crippen molar-refractivity contribution < 1.29 is 37.4 Å². The number of imidazole rings is 1. The molecule has 3 N–H and O–H groups in total. The van der Waals surface area contributed by atoms with E-state index in [0.29, 0.717) is 16.9 Å². The third-order valence-electron chi connectivity index (χ3n) is 9.76. The summed E-state index contributed by atoms with van der Waals surface area (Å²) in [6.07, 6.45) is 4.18. The molecule has 0 radical (unpaired) electrons. The van der Waals surface area contributed by atoms with Crippen LogP contribution >= 0.6 is 7.75 Å². The van der Waals surface area contributed by atoms with Gasteiger partial charge in [0.15, 0.2) is 23.5 Å². The van der Waals surface area contributed by atoms with Gasteiger partial charge in [0.1, 0.15) is 48.1 Å². The topological polar surface area (TPSA) is 171 Å². The first-order chi connectivity index (χ1) is 24.7. The molecule has 15 heteroatoms. The molecule has 3 fully saturated rings. The van der Waals surface area contributed by atoms with Crippen molar-refractivity contribution >= 4 is 41.5 Å². The highest BCUT2D eigenvalue weighted by Crippen LogP contribution is 2.56. The van der Waals surface area contributed by atoms with Gasteiger partial charge < -0.3 is 29.2 Å². The van der Waals surface area contributed by atoms with Gasteiger partial charge in [-0.1, -0.05) is 66.7 Å². The molecule has 5 aromatic rings. The van der Waals surface area contributed by atoms with Gasteiger partial charge in [-0.2, -0.15) is 5.09 Å². The molecule has 8 rings (SSSR count). The van der Waals surface area contributed by atoms with Gasteiger partial charge >= 0.3 is 13.7 Å². The first kappa shape index (κ1) is 33.7. The van der Waals surface area contributed by atoms with E-state index >= 15 is 0 Å². The Morgan fingerprint density at radius 1 is 1.06 bits per heavy atom. The largest absolute Gasteiger partial charge is 0.460 e. The van der Waals surface area contributed by atoms with Gasteiger partial charge in [0.2, 0.25) is 0 Å². The normalized spacial score (nSPS) is 25.6. The third-order valence-corrected chi connectivity index (χ3v) is 11.4. The number of fused-ring (bicyclic) bond motifs is 3. The fourth-order valence-corrected chi connectivity index (χ4v) is 8.81. The number of ether oxygens (including phenoxy) is 4. The first-order valence-corrected chi connectivity index (χ1v) is 18.6. The summed E-state index contributed by atoms with van der Waals surface area (Å²) in [6, 6.07) is 21.2. The summed E-state index contributed by atoms with van der Waals surface area (Å²) < 4.78 is 54.6. The summed E-state index contributed by atoms with van der Waals surface area (Å²) in [4.78, 5) is 26.1. The summed E-state index contributed by atoms with van der Waals surface area (Å²) >= 11 is 0. The molecule has 2 saturated heterocycles. The summed E-state index contributed by atoms with van der Waals surface area (Å²) in [5.41, 5.74) is 6.82. The van der Waals surface area contributed by atoms with Gasteiger partial charge in [-0.25, -0.2) is 19.5 Å². The molecule has 6 atom stereocenters. The number of nitrogens with two attached hydrogens (primary N) is 1. The van der Waals surface area contributed by atoms with Crippen LogP contribution in [0.1, 0.15) is 51.3 Å². The quantitative estimate of drug-likeness (QED) is 0.124. The molecule has 1 aliphatic carbocycles. The predicted molar refractivity (Wildman–Crippen MR) is 186 cm³/mol. The van der Waals surface area contributed by atoms with Crippen molar-refractivity contribution in [3.05, 3.63) is 91.0 Å². The van der Waals surface area contributed by atoms with E-state index in [0.717, 1.165) is 42.0 Å². The Morgan fingerprint density at radius 3 is 2.65 bits per heavy atom. The molecule has 3 aromatic carbocycles. The van der Waals surface area contributed by atoms with Crippen LogP contribution in [0.4, 0.5) is 5.82 Å². The van der Waals surface area contributed by atoms with Gasteiger partial charge in [-0.3, -0.25) is 13.9 Å². The minimum absolute atomic E-state index is 0.0528. The summed E-state index contributed by atoms with van der Waals surface area (Å²) in [5.74, 6) is -0.861. The molecule has 2 aromatic heterocycles. The van der Waals surface area contributed by atoms with Crippen LogP contribution in [-0.2, 0) is 39.4 Å². The zero-order valence-electron chi connectivity index (χ0n) is 28.2. The van der Waals surface area contributed by atoms with E-state index in [-0.39, 0.29) is 19.0 Å². The number of nitrogens with one attached hydrogen (secondary N) is 1. The molecular formula is C36H39N6O8P. The van der Waals surface area contributed by atoms with Gasteiger partial charge in [0.25, 0.3) is 0 Å². The standard InChI is InChI=1S/C36H39N6O8P/c1-23(33(43)45-19-24-11-4-3-5-12-24)41-51(44,49-27-16-10-14-25-13-6-7-15-26(25)27)46-20-28-30-35(2,50-36(48-30)17-8-9-18-36)34(47-28)42-22-40-29-31(37)38-21-39-32(29)42/h3-7,10-16,21-23,28,30,34H,8-9,17-20H2,1-2H3,(H,41,44)(H2,37,38,39)/t23-,28+,30?,34+,35-,51?/m0/s1. The Balaban J connectivity index is 1.08. The minimum atomic E-state index is -4.30. The van der Waals surface area contributed by atoms with Crippen LogP contribution in [0.3, 0.4) is 0 Å². The maximum Gasteiger partial charge on any atom is 0.459 e. The lowest BCUT2D eigenvalue weighted by atomic mass is 9.96. The average molecular weight is 715 g/mol. The monoisotopic (exact) mass is 714 g/mol. The number of esters is 1. The van der Waals surface area contributed by atoms with Crippen molar-refractivity contribution in [2.75, 3.05) is 12.3 Å². The van der Waals surface area contributed by atoms with Crippen molar-refractivity contribution in [1.29, 1.82) is 0 Å². The van der Waals surface area contributed by atoms with Crippen molar-refractivity contribution in [3.63, 3.8) is 0 Å². The van der Waals surface area contributed by atoms with E-state index in [9.17, 15) is 9.36 Å². The highest BCUT2D eigenvalue weighted by Gasteiger charge is 2.67. The molecule has 51 heavy (non-hydrogen) atoms. The van der Waals surface area contributed by atoms with E-state index in [4.69, 9.17) is 33.7 Å². The number of nitrogens with zero attached hydrogens (tertiary/aromatic N) is 4. The maximum absolute atomic E-state index is 14.8. The van der Waals surface area contributed by atoms with Crippen LogP contribution in [0, 0.1) is 0 Å². The number of anilines is 1. The van der Waals surface area contributed by atoms with Crippen LogP contribution in [-0.4, -0.2) is 61.7 Å². The summed E-state index contributed by atoms with van der Waals surface area (Å²) in [5, 5.41) is 4.42. The van der Waals surface area contributed by atoms with Crippen molar-refractivity contribution in [2.45, 2.75) is 82.0 Å². The Hall–Kier alpha value is -4.43. The highest BCUT2D eigenvalue weighted by molar-refractivity contribution is 7.52. The fourth-order valence-electron chi connectivity index (χ4n) is 7.29. The van der Waals surface area contributed by atoms with Crippen LogP contribution < -0.4 is 15.3 Å². The third kappa shape index (κ3) is 6.37.